The summed E-state index contributed by atoms with van der Waals surface area (Å²) in [6.45, 7) is 0.418. The molecule has 2 saturated heterocycles. The lowest BCUT2D eigenvalue weighted by Gasteiger charge is -2.55. The van der Waals surface area contributed by atoms with Crippen molar-refractivity contribution in [1.82, 2.24) is 31.3 Å². The minimum atomic E-state index is -1.97. The Morgan fingerprint density at radius 2 is 2.03 bits per heavy atom. The van der Waals surface area contributed by atoms with Gasteiger partial charge in [0.05, 0.1) is 0 Å². The number of rotatable bonds is 9. The first-order valence-corrected chi connectivity index (χ1v) is 13.0. The summed E-state index contributed by atoms with van der Waals surface area (Å²) in [5.41, 5.74) is 0.0172. The normalized spacial score (nSPS) is 22.9. The van der Waals surface area contributed by atoms with Gasteiger partial charge in [-0.3, -0.25) is 29.4 Å². The first-order chi connectivity index (χ1) is 18.5. The first-order valence-electron chi connectivity index (χ1n) is 11.1. The van der Waals surface area contributed by atoms with Crippen LogP contribution in [0.1, 0.15) is 17.8 Å². The highest BCUT2D eigenvalue weighted by Crippen LogP contribution is 2.46. The Bertz CT molecular complexity index is 1280. The molecular formula is C21H22N6O10S2. The molecular weight excluding hydrogens is 560 g/mol. The molecule has 2 fully saturated rings. The number of carboxylic acid groups (broad SMARTS) is 1. The van der Waals surface area contributed by atoms with Gasteiger partial charge in [-0.2, -0.15) is 0 Å². The van der Waals surface area contributed by atoms with E-state index < -0.39 is 65.4 Å². The van der Waals surface area contributed by atoms with Gasteiger partial charge in [0.25, 0.3) is 17.5 Å². The van der Waals surface area contributed by atoms with Crippen LogP contribution < -0.4 is 21.4 Å². The Morgan fingerprint density at radius 3 is 2.59 bits per heavy atom. The molecule has 3 aliphatic heterocycles. The number of β-lactam (4-membered cyclic amide) rings is 1. The van der Waals surface area contributed by atoms with Gasteiger partial charge in [-0.25, -0.2) is 24.8 Å². The lowest BCUT2D eigenvalue weighted by Crippen LogP contribution is -2.81. The van der Waals surface area contributed by atoms with Gasteiger partial charge in [-0.15, -0.1) is 23.1 Å². The van der Waals surface area contributed by atoms with E-state index in [9.17, 15) is 38.7 Å². The number of amides is 7. The largest absolute Gasteiger partial charge is 0.477 e. The Kier molecular flexibility index (Phi) is 7.79. The predicted molar refractivity (Wildman–Crippen MR) is 131 cm³/mol. The highest BCUT2D eigenvalue weighted by Gasteiger charge is 2.67. The number of thioether (sulfide) groups is 1. The van der Waals surface area contributed by atoms with Gasteiger partial charge in [-0.05, 0) is 11.4 Å². The van der Waals surface area contributed by atoms with E-state index in [4.69, 9.17) is 9.47 Å². The number of esters is 1. The molecule has 18 heteroatoms. The number of hydrazine groups is 1. The van der Waals surface area contributed by atoms with Crippen LogP contribution in [0, 0.1) is 0 Å². The molecule has 3 aliphatic rings. The minimum Gasteiger partial charge on any atom is -0.477 e. The molecule has 1 aromatic rings. The number of fused-ring (bicyclic) bond motifs is 1. The predicted octanol–water partition coefficient (Wildman–Crippen LogP) is -1.17. The minimum absolute atomic E-state index is 0.0654. The van der Waals surface area contributed by atoms with Crippen LogP contribution in [-0.4, -0.2) is 93.9 Å². The summed E-state index contributed by atoms with van der Waals surface area (Å²) in [5, 5.41) is 18.0. The van der Waals surface area contributed by atoms with Crippen LogP contribution in [0.2, 0.25) is 0 Å². The molecule has 208 valence electrons. The second kappa shape index (κ2) is 10.9. The number of nitrogens with one attached hydrogen (secondary N) is 4. The average molecular weight is 583 g/mol. The van der Waals surface area contributed by atoms with Crippen LogP contribution >= 0.6 is 23.1 Å². The number of methoxy groups -OCH3 is 1. The SMILES string of the molecule is CO[C@@]1(NC(=O)C(NC(=O)NN2CC(=O)NC2=O)c2cccs2)C(=O)N2C(C(=O)O)=C(COC(C)=O)CSC21. The molecule has 2 unspecified atom stereocenters. The monoisotopic (exact) mass is 582 g/mol. The number of hydrogen-bond acceptors (Lipinski definition) is 11. The number of aliphatic carboxylic acids is 1. The second-order valence-corrected chi connectivity index (χ2v) is 10.3. The molecule has 0 spiro atoms. The summed E-state index contributed by atoms with van der Waals surface area (Å²) < 4.78 is 10.3. The zero-order valence-corrected chi connectivity index (χ0v) is 22.0. The molecule has 4 heterocycles. The van der Waals surface area contributed by atoms with Gasteiger partial charge in [-0.1, -0.05) is 6.07 Å². The van der Waals surface area contributed by atoms with E-state index in [0.717, 1.165) is 47.0 Å². The molecule has 0 aliphatic carbocycles. The zero-order valence-electron chi connectivity index (χ0n) is 20.3. The van der Waals surface area contributed by atoms with Gasteiger partial charge in [0.2, 0.25) is 5.91 Å². The fraction of sp³-hybridized carbons (Fsp3) is 0.381. The molecule has 0 bridgehead atoms. The Balaban J connectivity index is 1.53. The lowest BCUT2D eigenvalue weighted by atomic mass is 9.97. The third-order valence-corrected chi connectivity index (χ3v) is 8.10. The molecule has 0 aromatic carbocycles. The van der Waals surface area contributed by atoms with Crippen molar-refractivity contribution in [1.29, 1.82) is 0 Å². The van der Waals surface area contributed by atoms with Gasteiger partial charge in [0.1, 0.15) is 30.3 Å². The summed E-state index contributed by atoms with van der Waals surface area (Å²) >= 11 is 2.21. The van der Waals surface area contributed by atoms with Crippen molar-refractivity contribution in [3.63, 3.8) is 0 Å². The maximum atomic E-state index is 13.4. The van der Waals surface area contributed by atoms with Crippen LogP contribution in [0.4, 0.5) is 9.59 Å². The average Bonchev–Trinajstić information content (AvgIpc) is 3.52. The molecule has 0 saturated carbocycles. The summed E-state index contributed by atoms with van der Waals surface area (Å²) in [5.74, 6) is -4.35. The number of hydrogen-bond donors (Lipinski definition) is 5. The van der Waals surface area contributed by atoms with Gasteiger partial charge >= 0.3 is 24.0 Å². The second-order valence-electron chi connectivity index (χ2n) is 8.28. The van der Waals surface area contributed by atoms with E-state index in [0.29, 0.717) is 4.88 Å². The van der Waals surface area contributed by atoms with E-state index in [1.807, 2.05) is 5.32 Å². The van der Waals surface area contributed by atoms with Crippen molar-refractivity contribution < 1.29 is 48.1 Å². The van der Waals surface area contributed by atoms with Gasteiger partial charge in [0, 0.05) is 30.2 Å². The van der Waals surface area contributed by atoms with E-state index in [1.165, 1.54) is 0 Å². The third kappa shape index (κ3) is 5.25. The standard InChI is InChI=1S/C21H22N6O10S2/c1-9(28)37-7-10-8-39-18-21(36-2,17(33)27(18)14(10)16(31)32)24-15(30)13(11-4-3-5-38-11)23-19(34)25-26-6-12(29)22-20(26)35/h3-5,13,18H,6-8H2,1-2H3,(H,24,30)(H,31,32)(H,22,29,35)(H2,23,25,34)/t13?,18?,21-/m0/s1. The first kappa shape index (κ1) is 27.9. The van der Waals surface area contributed by atoms with Crippen molar-refractivity contribution in [2.24, 2.45) is 0 Å². The topological polar surface area (TPSA) is 213 Å². The van der Waals surface area contributed by atoms with Crippen LogP contribution in [0.25, 0.3) is 0 Å². The smallest absolute Gasteiger partial charge is 0.352 e. The summed E-state index contributed by atoms with van der Waals surface area (Å²) in [7, 11) is 1.16. The van der Waals surface area contributed by atoms with E-state index in [-0.39, 0.29) is 23.6 Å². The molecule has 39 heavy (non-hydrogen) atoms. The quantitative estimate of drug-likeness (QED) is 0.101. The lowest BCUT2D eigenvalue weighted by molar-refractivity contribution is -0.193. The third-order valence-electron chi connectivity index (χ3n) is 5.79. The van der Waals surface area contributed by atoms with Crippen LogP contribution in [-0.2, 0) is 33.4 Å². The Morgan fingerprint density at radius 1 is 1.28 bits per heavy atom. The number of urea groups is 2. The maximum absolute atomic E-state index is 13.4. The number of carbonyl (C=O) groups is 7. The summed E-state index contributed by atoms with van der Waals surface area (Å²) in [6, 6.07) is -0.0178. The van der Waals surface area contributed by atoms with Crippen LogP contribution in [0.5, 0.6) is 0 Å². The molecule has 0 radical (unpaired) electrons. The van der Waals surface area contributed by atoms with Crippen molar-refractivity contribution >= 4 is 64.8 Å². The Hall–Kier alpha value is -4.16. The number of carboxylic acids is 1. The van der Waals surface area contributed by atoms with Crippen molar-refractivity contribution in [2.75, 3.05) is 26.0 Å². The number of ether oxygens (including phenoxy) is 2. The number of imide groups is 1. The van der Waals surface area contributed by atoms with Crippen molar-refractivity contribution in [3.05, 3.63) is 33.7 Å². The van der Waals surface area contributed by atoms with Crippen LogP contribution in [0.3, 0.4) is 0 Å². The molecule has 1 aromatic heterocycles. The fourth-order valence-electron chi connectivity index (χ4n) is 4.04. The number of thiophene rings is 1. The molecule has 16 nitrogen and oxygen atoms in total. The molecule has 3 atom stereocenters. The highest BCUT2D eigenvalue weighted by atomic mass is 32.2. The van der Waals surface area contributed by atoms with Gasteiger partial charge < -0.3 is 25.2 Å². The fourth-order valence-corrected chi connectivity index (χ4v) is 6.23. The maximum Gasteiger partial charge on any atom is 0.352 e. The van der Waals surface area contributed by atoms with E-state index >= 15 is 0 Å². The summed E-state index contributed by atoms with van der Waals surface area (Å²) in [4.78, 5) is 86.9. The number of carbonyl (C=O) groups excluding carboxylic acids is 6. The molecule has 5 N–H and O–H groups in total. The van der Waals surface area contributed by atoms with E-state index in [1.54, 1.807) is 17.5 Å². The highest BCUT2D eigenvalue weighted by molar-refractivity contribution is 8.00. The van der Waals surface area contributed by atoms with Crippen LogP contribution in [0.15, 0.2) is 28.8 Å². The molecule has 4 rings (SSSR count). The molecule has 7 amide bonds. The number of nitrogens with zero attached hydrogens (tertiary/aromatic N) is 2. The summed E-state index contributed by atoms with van der Waals surface area (Å²) in [6.07, 6.45) is 0. The van der Waals surface area contributed by atoms with Crippen molar-refractivity contribution in [3.8, 4) is 0 Å². The van der Waals surface area contributed by atoms with Gasteiger partial charge in [0.15, 0.2) is 0 Å². The van der Waals surface area contributed by atoms with E-state index in [2.05, 4.69) is 16.1 Å². The Labute approximate surface area is 228 Å². The zero-order chi connectivity index (χ0) is 28.5. The van der Waals surface area contributed by atoms with Crippen molar-refractivity contribution in [2.45, 2.75) is 24.1 Å².